The number of nitrogens with one attached hydrogen (secondary N) is 1. The first-order valence-corrected chi connectivity index (χ1v) is 9.76. The molecule has 0 fully saturated rings. The summed E-state index contributed by atoms with van der Waals surface area (Å²) in [4.78, 5) is 13.8. The Labute approximate surface area is 131 Å². The molecule has 0 atom stereocenters. The number of amides is 1. The Kier molecular flexibility index (Phi) is 6.83. The SMILES string of the molecule is CCc1ccc(C(=O)NCCCN(C(C)C)S(C)(=O)=O)s1. The van der Waals surface area contributed by atoms with E-state index in [4.69, 9.17) is 0 Å². The summed E-state index contributed by atoms with van der Waals surface area (Å²) in [5.41, 5.74) is 0. The molecule has 1 rings (SSSR count). The number of rotatable bonds is 8. The summed E-state index contributed by atoms with van der Waals surface area (Å²) in [6.45, 7) is 6.63. The molecule has 0 aliphatic rings. The van der Waals surface area contributed by atoms with Crippen molar-refractivity contribution in [2.24, 2.45) is 0 Å². The summed E-state index contributed by atoms with van der Waals surface area (Å²) in [6.07, 6.45) is 2.74. The fraction of sp³-hybridized carbons (Fsp3) is 0.643. The van der Waals surface area contributed by atoms with Crippen molar-refractivity contribution in [2.75, 3.05) is 19.3 Å². The molecule has 0 saturated carbocycles. The van der Waals surface area contributed by atoms with Crippen molar-refractivity contribution >= 4 is 27.3 Å². The van der Waals surface area contributed by atoms with Gasteiger partial charge in [0.15, 0.2) is 0 Å². The van der Waals surface area contributed by atoms with Gasteiger partial charge >= 0.3 is 0 Å². The molecule has 0 unspecified atom stereocenters. The van der Waals surface area contributed by atoms with Crippen LogP contribution in [0, 0.1) is 0 Å². The molecule has 0 aromatic carbocycles. The maximum absolute atomic E-state index is 11.9. The number of sulfonamides is 1. The Bertz CT molecular complexity index is 565. The van der Waals surface area contributed by atoms with Crippen molar-refractivity contribution in [3.8, 4) is 0 Å². The van der Waals surface area contributed by atoms with Crippen molar-refractivity contribution in [1.29, 1.82) is 0 Å². The highest BCUT2D eigenvalue weighted by Crippen LogP contribution is 2.16. The Hall–Kier alpha value is -0.920. The van der Waals surface area contributed by atoms with Crippen LogP contribution in [0.2, 0.25) is 0 Å². The second kappa shape index (κ2) is 7.91. The van der Waals surface area contributed by atoms with Crippen molar-refractivity contribution < 1.29 is 13.2 Å². The Balaban J connectivity index is 2.41. The van der Waals surface area contributed by atoms with Crippen LogP contribution in [-0.4, -0.2) is 44.0 Å². The van der Waals surface area contributed by atoms with Crippen molar-refractivity contribution in [3.63, 3.8) is 0 Å². The number of hydrogen-bond acceptors (Lipinski definition) is 4. The lowest BCUT2D eigenvalue weighted by molar-refractivity contribution is 0.0956. The Morgan fingerprint density at radius 1 is 1.38 bits per heavy atom. The van der Waals surface area contributed by atoms with Gasteiger partial charge in [-0.05, 0) is 38.8 Å². The van der Waals surface area contributed by atoms with E-state index in [1.54, 1.807) is 0 Å². The third kappa shape index (κ3) is 5.76. The molecule has 1 aromatic rings. The lowest BCUT2D eigenvalue weighted by atomic mass is 10.3. The molecular formula is C14H24N2O3S2. The van der Waals surface area contributed by atoms with Crippen molar-refractivity contribution in [1.82, 2.24) is 9.62 Å². The highest BCUT2D eigenvalue weighted by Gasteiger charge is 2.19. The summed E-state index contributed by atoms with van der Waals surface area (Å²) in [5, 5.41) is 2.83. The zero-order valence-corrected chi connectivity index (χ0v) is 14.7. The second-order valence-corrected chi connectivity index (χ2v) is 8.30. The zero-order chi connectivity index (χ0) is 16.0. The quantitative estimate of drug-likeness (QED) is 0.741. The first kappa shape index (κ1) is 18.1. The molecule has 0 aliphatic heterocycles. The summed E-state index contributed by atoms with van der Waals surface area (Å²) in [7, 11) is -3.19. The molecule has 21 heavy (non-hydrogen) atoms. The predicted octanol–water partition coefficient (Wildman–Crippen LogP) is 2.10. The molecule has 5 nitrogen and oxygen atoms in total. The first-order valence-electron chi connectivity index (χ1n) is 7.09. The molecule has 120 valence electrons. The average Bonchev–Trinajstić information content (AvgIpc) is 2.84. The molecule has 1 aromatic heterocycles. The second-order valence-electron chi connectivity index (χ2n) is 5.20. The van der Waals surface area contributed by atoms with Crippen LogP contribution in [0.1, 0.15) is 41.7 Å². The monoisotopic (exact) mass is 332 g/mol. The molecule has 0 spiro atoms. The van der Waals surface area contributed by atoms with Gasteiger partial charge in [-0.15, -0.1) is 11.3 Å². The summed E-state index contributed by atoms with van der Waals surface area (Å²) in [5.74, 6) is -0.0878. The summed E-state index contributed by atoms with van der Waals surface area (Å²) >= 11 is 1.50. The topological polar surface area (TPSA) is 66.5 Å². The van der Waals surface area contributed by atoms with Crippen LogP contribution < -0.4 is 5.32 Å². The van der Waals surface area contributed by atoms with Crippen LogP contribution in [0.4, 0.5) is 0 Å². The van der Waals surface area contributed by atoms with Crippen LogP contribution in [0.5, 0.6) is 0 Å². The van der Waals surface area contributed by atoms with E-state index >= 15 is 0 Å². The molecule has 0 aliphatic carbocycles. The van der Waals surface area contributed by atoms with E-state index in [1.165, 1.54) is 26.8 Å². The fourth-order valence-corrected chi connectivity index (χ4v) is 4.11. The van der Waals surface area contributed by atoms with E-state index in [1.807, 2.05) is 26.0 Å². The molecular weight excluding hydrogens is 308 g/mol. The molecule has 1 amide bonds. The summed E-state index contributed by atoms with van der Waals surface area (Å²) < 4.78 is 24.6. The third-order valence-electron chi connectivity index (χ3n) is 3.08. The normalized spacial score (nSPS) is 12.1. The van der Waals surface area contributed by atoms with E-state index in [-0.39, 0.29) is 11.9 Å². The first-order chi connectivity index (χ1) is 9.75. The number of aryl methyl sites for hydroxylation is 1. The minimum absolute atomic E-state index is 0.0693. The highest BCUT2D eigenvalue weighted by atomic mass is 32.2. The maximum atomic E-state index is 11.9. The van der Waals surface area contributed by atoms with Crippen LogP contribution in [0.15, 0.2) is 12.1 Å². The number of nitrogens with zero attached hydrogens (tertiary/aromatic N) is 1. The smallest absolute Gasteiger partial charge is 0.261 e. The van der Waals surface area contributed by atoms with Gasteiger partial charge in [-0.1, -0.05) is 6.92 Å². The van der Waals surface area contributed by atoms with Gasteiger partial charge in [0.25, 0.3) is 5.91 Å². The lowest BCUT2D eigenvalue weighted by Crippen LogP contribution is -2.38. The molecule has 1 heterocycles. The van der Waals surface area contributed by atoms with Gasteiger partial charge in [-0.2, -0.15) is 4.31 Å². The number of hydrogen-bond donors (Lipinski definition) is 1. The van der Waals surface area contributed by atoms with Gasteiger partial charge in [0.2, 0.25) is 10.0 Å². The largest absolute Gasteiger partial charge is 0.351 e. The number of carbonyl (C=O) groups is 1. The lowest BCUT2D eigenvalue weighted by Gasteiger charge is -2.23. The Morgan fingerprint density at radius 3 is 2.52 bits per heavy atom. The van der Waals surface area contributed by atoms with E-state index < -0.39 is 10.0 Å². The van der Waals surface area contributed by atoms with Gasteiger partial charge in [0, 0.05) is 24.0 Å². The zero-order valence-electron chi connectivity index (χ0n) is 13.0. The van der Waals surface area contributed by atoms with Crippen LogP contribution >= 0.6 is 11.3 Å². The van der Waals surface area contributed by atoms with E-state index in [9.17, 15) is 13.2 Å². The van der Waals surface area contributed by atoms with Gasteiger partial charge in [0.05, 0.1) is 11.1 Å². The fourth-order valence-electron chi connectivity index (χ4n) is 2.02. The molecule has 0 radical (unpaired) electrons. The van der Waals surface area contributed by atoms with Crippen molar-refractivity contribution in [2.45, 2.75) is 39.7 Å². The number of thiophene rings is 1. The average molecular weight is 332 g/mol. The van der Waals surface area contributed by atoms with E-state index in [0.717, 1.165) is 6.42 Å². The minimum Gasteiger partial charge on any atom is -0.351 e. The highest BCUT2D eigenvalue weighted by molar-refractivity contribution is 7.88. The number of carbonyl (C=O) groups excluding carboxylic acids is 1. The molecule has 0 saturated heterocycles. The summed E-state index contributed by atoms with van der Waals surface area (Å²) in [6, 6.07) is 3.72. The third-order valence-corrected chi connectivity index (χ3v) is 5.76. The van der Waals surface area contributed by atoms with Gasteiger partial charge < -0.3 is 5.32 Å². The van der Waals surface area contributed by atoms with Gasteiger partial charge in [-0.25, -0.2) is 8.42 Å². The Morgan fingerprint density at radius 2 is 2.05 bits per heavy atom. The standard InChI is InChI=1S/C14H24N2O3S2/c1-5-12-7-8-13(20-12)14(17)15-9-6-10-16(11(2)3)21(4,18)19/h7-8,11H,5-6,9-10H2,1-4H3,(H,15,17). The molecule has 0 bridgehead atoms. The maximum Gasteiger partial charge on any atom is 0.261 e. The van der Waals surface area contributed by atoms with E-state index in [2.05, 4.69) is 12.2 Å². The van der Waals surface area contributed by atoms with Crippen LogP contribution in [-0.2, 0) is 16.4 Å². The molecule has 7 heteroatoms. The van der Waals surface area contributed by atoms with E-state index in [0.29, 0.717) is 24.4 Å². The van der Waals surface area contributed by atoms with Gasteiger partial charge in [-0.3, -0.25) is 4.79 Å². The predicted molar refractivity (Wildman–Crippen MR) is 87.3 cm³/mol. The van der Waals surface area contributed by atoms with Crippen LogP contribution in [0.3, 0.4) is 0 Å². The van der Waals surface area contributed by atoms with Crippen LogP contribution in [0.25, 0.3) is 0 Å². The van der Waals surface area contributed by atoms with Crippen molar-refractivity contribution in [3.05, 3.63) is 21.9 Å². The molecule has 1 N–H and O–H groups in total. The minimum atomic E-state index is -3.19. The van der Waals surface area contributed by atoms with Gasteiger partial charge in [0.1, 0.15) is 0 Å².